The predicted octanol–water partition coefficient (Wildman–Crippen LogP) is 1.45. The fraction of sp³-hybridized carbons (Fsp3) is 0.0556. The molecule has 2 aromatic carbocycles. The van der Waals surface area contributed by atoms with Crippen molar-refractivity contribution in [2.45, 2.75) is 6.54 Å². The van der Waals surface area contributed by atoms with Gasteiger partial charge in [0.05, 0.1) is 0 Å². The molecule has 4 N–H and O–H groups in total. The lowest BCUT2D eigenvalue weighted by molar-refractivity contribution is 0.0940. The molecule has 3 aromatic rings. The van der Waals surface area contributed by atoms with Gasteiger partial charge in [-0.1, -0.05) is 53.3 Å². The number of rotatable bonds is 5. The van der Waals surface area contributed by atoms with Gasteiger partial charge in [-0.3, -0.25) is 14.6 Å². The molecule has 0 radical (unpaired) electrons. The van der Waals surface area contributed by atoms with Gasteiger partial charge in [-0.05, 0) is 17.7 Å². The predicted molar refractivity (Wildman–Crippen MR) is 95.8 cm³/mol. The normalized spacial score (nSPS) is 10.3. The summed E-state index contributed by atoms with van der Waals surface area (Å²) in [7, 11) is 0. The number of anilines is 2. The van der Waals surface area contributed by atoms with Crippen LogP contribution in [0.5, 0.6) is 0 Å². The molecule has 132 valence electrons. The van der Waals surface area contributed by atoms with Gasteiger partial charge in [-0.25, -0.2) is 4.79 Å². The summed E-state index contributed by atoms with van der Waals surface area (Å²) >= 11 is 0. The van der Waals surface area contributed by atoms with Crippen molar-refractivity contribution < 1.29 is 10.0 Å². The second-order valence-corrected chi connectivity index (χ2v) is 5.46. The average molecular weight is 352 g/mol. The standard InChI is InChI=1S/C18H16N4O4/c23-16(19-11-12-7-3-1-4-8-12)14-15(20-13-9-5-2-6-10-13)21-18(25)22(26)17(14)24/h1-10,20,26H,11H2,(H,19,23)(H,21,25). The second kappa shape index (κ2) is 7.39. The minimum atomic E-state index is -1.11. The van der Waals surface area contributed by atoms with Gasteiger partial charge < -0.3 is 15.8 Å². The Balaban J connectivity index is 1.93. The van der Waals surface area contributed by atoms with Crippen LogP contribution >= 0.6 is 0 Å². The molecule has 0 atom stereocenters. The molecule has 8 nitrogen and oxygen atoms in total. The summed E-state index contributed by atoms with van der Waals surface area (Å²) in [5.41, 5.74) is -1.15. The quantitative estimate of drug-likeness (QED) is 0.519. The van der Waals surface area contributed by atoms with E-state index >= 15 is 0 Å². The average Bonchev–Trinajstić information content (AvgIpc) is 2.66. The Bertz CT molecular complexity index is 1030. The molecule has 0 aliphatic rings. The van der Waals surface area contributed by atoms with Crippen molar-refractivity contribution in [1.29, 1.82) is 0 Å². The third kappa shape index (κ3) is 3.64. The second-order valence-electron chi connectivity index (χ2n) is 5.46. The van der Waals surface area contributed by atoms with Crippen LogP contribution in [0.15, 0.2) is 70.3 Å². The lowest BCUT2D eigenvalue weighted by Gasteiger charge is -2.12. The summed E-state index contributed by atoms with van der Waals surface area (Å²) in [4.78, 5) is 38.8. The number of hydrogen-bond donors (Lipinski definition) is 4. The van der Waals surface area contributed by atoms with Crippen LogP contribution in [0.25, 0.3) is 0 Å². The fourth-order valence-electron chi connectivity index (χ4n) is 2.36. The van der Waals surface area contributed by atoms with E-state index in [9.17, 15) is 19.6 Å². The fourth-order valence-corrected chi connectivity index (χ4v) is 2.36. The molecule has 8 heteroatoms. The van der Waals surface area contributed by atoms with Crippen LogP contribution in [0.4, 0.5) is 11.5 Å². The molecule has 1 amide bonds. The Morgan fingerprint density at radius 1 is 1.00 bits per heavy atom. The highest BCUT2D eigenvalue weighted by Crippen LogP contribution is 2.15. The third-order valence-corrected chi connectivity index (χ3v) is 3.65. The molecular weight excluding hydrogens is 336 g/mol. The number of carbonyl (C=O) groups excluding carboxylic acids is 1. The van der Waals surface area contributed by atoms with E-state index in [4.69, 9.17) is 0 Å². The smallest absolute Gasteiger partial charge is 0.363 e. The van der Waals surface area contributed by atoms with Crippen molar-refractivity contribution in [1.82, 2.24) is 15.0 Å². The minimum absolute atomic E-state index is 0.0953. The Morgan fingerprint density at radius 2 is 1.62 bits per heavy atom. The van der Waals surface area contributed by atoms with Crippen LogP contribution in [0.2, 0.25) is 0 Å². The number of nitrogens with one attached hydrogen (secondary N) is 3. The minimum Gasteiger partial charge on any atom is -0.421 e. The Kier molecular flexibility index (Phi) is 4.84. The third-order valence-electron chi connectivity index (χ3n) is 3.65. The first-order chi connectivity index (χ1) is 12.6. The summed E-state index contributed by atoms with van der Waals surface area (Å²) in [6.07, 6.45) is 0. The number of para-hydroxylation sites is 1. The van der Waals surface area contributed by atoms with Crippen molar-refractivity contribution in [3.63, 3.8) is 0 Å². The van der Waals surface area contributed by atoms with Crippen LogP contribution in [-0.4, -0.2) is 20.8 Å². The first-order valence-corrected chi connectivity index (χ1v) is 7.79. The van der Waals surface area contributed by atoms with Gasteiger partial charge in [-0.2, -0.15) is 0 Å². The van der Waals surface area contributed by atoms with Gasteiger partial charge in [0.25, 0.3) is 5.91 Å². The number of nitrogens with zero attached hydrogens (tertiary/aromatic N) is 1. The molecule has 1 heterocycles. The van der Waals surface area contributed by atoms with Gasteiger partial charge >= 0.3 is 11.2 Å². The lowest BCUT2D eigenvalue weighted by atomic mass is 10.2. The molecule has 0 unspecified atom stereocenters. The molecular formula is C18H16N4O4. The highest BCUT2D eigenvalue weighted by molar-refractivity contribution is 5.98. The number of benzene rings is 2. The van der Waals surface area contributed by atoms with Gasteiger partial charge in [-0.15, -0.1) is 0 Å². The molecule has 0 spiro atoms. The largest absolute Gasteiger partial charge is 0.421 e. The van der Waals surface area contributed by atoms with Crippen molar-refractivity contribution in [3.8, 4) is 0 Å². The number of hydrogen-bond acceptors (Lipinski definition) is 5. The molecule has 0 aliphatic heterocycles. The van der Waals surface area contributed by atoms with Crippen molar-refractivity contribution in [2.75, 3.05) is 5.32 Å². The number of carbonyl (C=O) groups is 1. The van der Waals surface area contributed by atoms with Crippen LogP contribution in [0.1, 0.15) is 15.9 Å². The molecule has 26 heavy (non-hydrogen) atoms. The highest BCUT2D eigenvalue weighted by atomic mass is 16.5. The van der Waals surface area contributed by atoms with E-state index < -0.39 is 22.7 Å². The zero-order chi connectivity index (χ0) is 18.5. The Morgan fingerprint density at radius 3 is 2.27 bits per heavy atom. The van der Waals surface area contributed by atoms with Crippen molar-refractivity contribution >= 4 is 17.4 Å². The van der Waals surface area contributed by atoms with Crippen molar-refractivity contribution in [3.05, 3.63) is 92.6 Å². The molecule has 0 saturated carbocycles. The summed E-state index contributed by atoms with van der Waals surface area (Å²) in [6.45, 7) is 0.189. The van der Waals surface area contributed by atoms with E-state index in [1.165, 1.54) is 0 Å². The maximum atomic E-state index is 12.5. The number of H-pyrrole nitrogens is 1. The molecule has 3 rings (SSSR count). The summed E-state index contributed by atoms with van der Waals surface area (Å²) in [5.74, 6) is -0.821. The molecule has 1 aromatic heterocycles. The molecule has 0 saturated heterocycles. The van der Waals surface area contributed by atoms with E-state index in [1.807, 2.05) is 30.3 Å². The van der Waals surface area contributed by atoms with Crippen LogP contribution in [0, 0.1) is 0 Å². The topological polar surface area (TPSA) is 116 Å². The summed E-state index contributed by atoms with van der Waals surface area (Å²) in [6, 6.07) is 17.8. The van der Waals surface area contributed by atoms with Crippen LogP contribution in [0.3, 0.4) is 0 Å². The van der Waals surface area contributed by atoms with Gasteiger partial charge in [0.2, 0.25) is 0 Å². The zero-order valence-corrected chi connectivity index (χ0v) is 13.6. The van der Waals surface area contributed by atoms with E-state index in [-0.39, 0.29) is 17.1 Å². The van der Waals surface area contributed by atoms with Crippen LogP contribution in [-0.2, 0) is 6.54 Å². The Labute approximate surface area is 147 Å². The maximum Gasteiger partial charge on any atom is 0.363 e. The van der Waals surface area contributed by atoms with Crippen LogP contribution < -0.4 is 21.9 Å². The zero-order valence-electron chi connectivity index (χ0n) is 13.6. The molecule has 0 bridgehead atoms. The number of aromatic nitrogens is 2. The maximum absolute atomic E-state index is 12.5. The van der Waals surface area contributed by atoms with Gasteiger partial charge in [0.1, 0.15) is 11.4 Å². The van der Waals surface area contributed by atoms with Gasteiger partial charge in [0.15, 0.2) is 0 Å². The highest BCUT2D eigenvalue weighted by Gasteiger charge is 2.21. The monoisotopic (exact) mass is 352 g/mol. The Hall–Kier alpha value is -3.81. The molecule has 0 aliphatic carbocycles. The van der Waals surface area contributed by atoms with E-state index in [2.05, 4.69) is 15.6 Å². The number of aromatic amines is 1. The first kappa shape index (κ1) is 17.0. The lowest BCUT2D eigenvalue weighted by Crippen LogP contribution is -2.40. The summed E-state index contributed by atoms with van der Waals surface area (Å²) in [5, 5.41) is 15.0. The van der Waals surface area contributed by atoms with E-state index in [1.54, 1.807) is 30.3 Å². The van der Waals surface area contributed by atoms with Crippen molar-refractivity contribution in [2.24, 2.45) is 0 Å². The van der Waals surface area contributed by atoms with E-state index in [0.29, 0.717) is 5.69 Å². The first-order valence-electron chi connectivity index (χ1n) is 7.79. The summed E-state index contributed by atoms with van der Waals surface area (Å²) < 4.78 is -0.131. The van der Waals surface area contributed by atoms with Gasteiger partial charge in [0, 0.05) is 12.2 Å². The molecule has 0 fully saturated rings. The van der Waals surface area contributed by atoms with E-state index in [0.717, 1.165) is 5.56 Å². The number of amides is 1. The SMILES string of the molecule is O=C(NCc1ccccc1)c1c(Nc2ccccc2)[nH]c(=O)n(O)c1=O.